The number of carbonyl (C=O) groups excluding carboxylic acids is 1. The molecule has 0 aliphatic rings. The number of carbonyl (C=O) groups is 1. The minimum absolute atomic E-state index is 0.400. The molecule has 0 atom stereocenters. The third-order valence-electron chi connectivity index (χ3n) is 2.55. The highest BCUT2D eigenvalue weighted by Crippen LogP contribution is 2.39. The van der Waals surface area contributed by atoms with E-state index < -0.39 is 35.4 Å². The SMILES string of the molecule is CC(C)(C)c1cc(NC(=O)C(C(F)(F)F)C(F)(F)F)n[nH]1. The van der Waals surface area contributed by atoms with Crippen LogP contribution >= 0.6 is 0 Å². The zero-order valence-electron chi connectivity index (χ0n) is 11.3. The summed E-state index contributed by atoms with van der Waals surface area (Å²) in [5, 5.41) is 7.44. The van der Waals surface area contributed by atoms with Crippen LogP contribution in [0.25, 0.3) is 0 Å². The molecular formula is C11H13F6N3O. The number of rotatable bonds is 2. The third kappa shape index (κ3) is 4.36. The molecular weight excluding hydrogens is 304 g/mol. The summed E-state index contributed by atoms with van der Waals surface area (Å²) in [5.74, 6) is -6.72. The Hall–Kier alpha value is -1.74. The van der Waals surface area contributed by atoms with E-state index in [1.165, 1.54) is 11.4 Å². The minimum atomic E-state index is -5.73. The van der Waals surface area contributed by atoms with Gasteiger partial charge in [-0.25, -0.2) is 0 Å². The average Bonchev–Trinajstić information content (AvgIpc) is 2.59. The van der Waals surface area contributed by atoms with Crippen molar-refractivity contribution >= 4 is 11.7 Å². The molecule has 2 N–H and O–H groups in total. The summed E-state index contributed by atoms with van der Waals surface area (Å²) in [6, 6.07) is 1.18. The molecule has 0 aliphatic carbocycles. The maximum absolute atomic E-state index is 12.4. The number of aromatic nitrogens is 2. The van der Waals surface area contributed by atoms with Crippen molar-refractivity contribution in [3.05, 3.63) is 11.8 Å². The fraction of sp³-hybridized carbons (Fsp3) is 0.636. The molecule has 1 rings (SSSR count). The van der Waals surface area contributed by atoms with Crippen LogP contribution in [0.15, 0.2) is 6.07 Å². The Morgan fingerprint density at radius 2 is 1.62 bits per heavy atom. The molecule has 1 aromatic rings. The van der Waals surface area contributed by atoms with E-state index in [0.717, 1.165) is 0 Å². The van der Waals surface area contributed by atoms with Gasteiger partial charge in [0.25, 0.3) is 0 Å². The van der Waals surface area contributed by atoms with E-state index in [2.05, 4.69) is 10.2 Å². The van der Waals surface area contributed by atoms with Crippen LogP contribution in [-0.4, -0.2) is 28.5 Å². The first-order valence-corrected chi connectivity index (χ1v) is 5.73. The number of hydrogen-bond donors (Lipinski definition) is 2. The monoisotopic (exact) mass is 317 g/mol. The van der Waals surface area contributed by atoms with Gasteiger partial charge in [0.2, 0.25) is 11.8 Å². The molecule has 21 heavy (non-hydrogen) atoms. The molecule has 0 saturated carbocycles. The van der Waals surface area contributed by atoms with Crippen LogP contribution in [0, 0.1) is 5.92 Å². The second kappa shape index (κ2) is 5.23. The summed E-state index contributed by atoms with van der Waals surface area (Å²) < 4.78 is 74.1. The summed E-state index contributed by atoms with van der Waals surface area (Å²) in [6.07, 6.45) is -11.5. The number of H-pyrrole nitrogens is 1. The van der Waals surface area contributed by atoms with Gasteiger partial charge in [-0.15, -0.1) is 0 Å². The second-order valence-corrected chi connectivity index (χ2v) is 5.42. The zero-order chi connectivity index (χ0) is 16.6. The summed E-state index contributed by atoms with van der Waals surface area (Å²) in [7, 11) is 0. The van der Waals surface area contributed by atoms with Gasteiger partial charge in [-0.2, -0.15) is 31.4 Å². The number of anilines is 1. The summed E-state index contributed by atoms with van der Waals surface area (Å²) in [6.45, 7) is 5.25. The van der Waals surface area contributed by atoms with E-state index in [-0.39, 0.29) is 0 Å². The van der Waals surface area contributed by atoms with Crippen molar-refractivity contribution in [3.8, 4) is 0 Å². The van der Waals surface area contributed by atoms with Crippen molar-refractivity contribution in [1.82, 2.24) is 10.2 Å². The molecule has 0 radical (unpaired) electrons. The van der Waals surface area contributed by atoms with Crippen LogP contribution in [0.1, 0.15) is 26.5 Å². The Morgan fingerprint density at radius 1 is 1.14 bits per heavy atom. The highest BCUT2D eigenvalue weighted by atomic mass is 19.4. The van der Waals surface area contributed by atoms with Crippen LogP contribution in [0.5, 0.6) is 0 Å². The van der Waals surface area contributed by atoms with Crippen molar-refractivity contribution in [2.45, 2.75) is 38.5 Å². The quantitative estimate of drug-likeness (QED) is 0.822. The Balaban J connectivity index is 2.96. The summed E-state index contributed by atoms with van der Waals surface area (Å²) in [4.78, 5) is 11.3. The lowest BCUT2D eigenvalue weighted by molar-refractivity contribution is -0.272. The molecule has 1 heterocycles. The van der Waals surface area contributed by atoms with E-state index in [0.29, 0.717) is 5.69 Å². The standard InChI is InChI=1S/C11H13F6N3O/c1-9(2,3)5-4-6(20-19-5)18-8(21)7(10(12,13)14)11(15,16)17/h4,7H,1-3H3,(H2,18,19,20,21). The van der Waals surface area contributed by atoms with E-state index >= 15 is 0 Å². The van der Waals surface area contributed by atoms with Crippen LogP contribution in [0.4, 0.5) is 32.2 Å². The molecule has 0 spiro atoms. The van der Waals surface area contributed by atoms with Crippen LogP contribution in [0.3, 0.4) is 0 Å². The van der Waals surface area contributed by atoms with Gasteiger partial charge in [-0.1, -0.05) is 20.8 Å². The lowest BCUT2D eigenvalue weighted by Gasteiger charge is -2.21. The summed E-state index contributed by atoms with van der Waals surface area (Å²) >= 11 is 0. The lowest BCUT2D eigenvalue weighted by atomic mass is 9.92. The maximum Gasteiger partial charge on any atom is 0.409 e. The molecule has 0 aromatic carbocycles. The average molecular weight is 317 g/mol. The number of hydrogen-bond acceptors (Lipinski definition) is 2. The first kappa shape index (κ1) is 17.3. The van der Waals surface area contributed by atoms with Crippen LogP contribution in [-0.2, 0) is 10.2 Å². The summed E-state index contributed by atoms with van der Waals surface area (Å²) in [5.41, 5.74) is -0.00274. The molecule has 120 valence electrons. The lowest BCUT2D eigenvalue weighted by Crippen LogP contribution is -2.45. The van der Waals surface area contributed by atoms with E-state index in [1.807, 2.05) is 0 Å². The van der Waals surface area contributed by atoms with Crippen molar-refractivity contribution in [2.75, 3.05) is 5.32 Å². The Kier molecular flexibility index (Phi) is 4.31. The van der Waals surface area contributed by atoms with Crippen LogP contribution in [0.2, 0.25) is 0 Å². The Bertz CT molecular complexity index is 497. The molecule has 10 heteroatoms. The fourth-order valence-corrected chi connectivity index (χ4v) is 1.45. The normalized spacial score (nSPS) is 13.6. The van der Waals surface area contributed by atoms with Gasteiger partial charge < -0.3 is 5.32 Å². The van der Waals surface area contributed by atoms with Gasteiger partial charge in [-0.3, -0.25) is 9.89 Å². The zero-order valence-corrected chi connectivity index (χ0v) is 11.3. The predicted molar refractivity (Wildman–Crippen MR) is 61.5 cm³/mol. The highest BCUT2D eigenvalue weighted by Gasteiger charge is 2.61. The molecule has 4 nitrogen and oxygen atoms in total. The van der Waals surface area contributed by atoms with Gasteiger partial charge in [0, 0.05) is 17.2 Å². The van der Waals surface area contributed by atoms with Crippen LogP contribution < -0.4 is 5.32 Å². The maximum atomic E-state index is 12.4. The topological polar surface area (TPSA) is 57.8 Å². The first-order chi connectivity index (χ1) is 9.23. The molecule has 0 fully saturated rings. The van der Waals surface area contributed by atoms with E-state index in [1.54, 1.807) is 20.8 Å². The number of nitrogens with zero attached hydrogens (tertiary/aromatic N) is 1. The first-order valence-electron chi connectivity index (χ1n) is 5.73. The second-order valence-electron chi connectivity index (χ2n) is 5.42. The van der Waals surface area contributed by atoms with Crippen molar-refractivity contribution in [2.24, 2.45) is 5.92 Å². The molecule has 0 aliphatic heterocycles. The van der Waals surface area contributed by atoms with Gasteiger partial charge >= 0.3 is 12.4 Å². The number of amides is 1. The number of alkyl halides is 6. The largest absolute Gasteiger partial charge is 0.409 e. The number of aromatic amines is 1. The highest BCUT2D eigenvalue weighted by molar-refractivity contribution is 5.92. The molecule has 0 saturated heterocycles. The van der Waals surface area contributed by atoms with Crippen molar-refractivity contribution < 1.29 is 31.1 Å². The number of halogens is 6. The Morgan fingerprint density at radius 3 is 1.95 bits per heavy atom. The van der Waals surface area contributed by atoms with Crippen molar-refractivity contribution in [3.63, 3.8) is 0 Å². The van der Waals surface area contributed by atoms with Gasteiger partial charge in [0.05, 0.1) is 0 Å². The minimum Gasteiger partial charge on any atom is -0.308 e. The van der Waals surface area contributed by atoms with E-state index in [4.69, 9.17) is 0 Å². The van der Waals surface area contributed by atoms with E-state index in [9.17, 15) is 31.1 Å². The predicted octanol–water partition coefficient (Wildman–Crippen LogP) is 3.39. The third-order valence-corrected chi connectivity index (χ3v) is 2.55. The number of nitrogens with one attached hydrogen (secondary N) is 2. The molecule has 0 bridgehead atoms. The molecule has 0 unspecified atom stereocenters. The molecule has 1 aromatic heterocycles. The van der Waals surface area contributed by atoms with Gasteiger partial charge in [-0.05, 0) is 0 Å². The smallest absolute Gasteiger partial charge is 0.308 e. The Labute approximate surface area is 115 Å². The van der Waals surface area contributed by atoms with Gasteiger partial charge in [0.1, 0.15) is 0 Å². The van der Waals surface area contributed by atoms with Crippen molar-refractivity contribution in [1.29, 1.82) is 0 Å². The fourth-order valence-electron chi connectivity index (χ4n) is 1.45. The molecule has 1 amide bonds. The van der Waals surface area contributed by atoms with Gasteiger partial charge in [0.15, 0.2) is 5.82 Å².